The van der Waals surface area contributed by atoms with Crippen molar-refractivity contribution >= 4 is 11.9 Å². The van der Waals surface area contributed by atoms with Gasteiger partial charge in [0.15, 0.2) is 6.04 Å². The van der Waals surface area contributed by atoms with Gasteiger partial charge >= 0.3 is 5.97 Å². The SMILES string of the molecule is COc1cccc(C(=O)N2[C@H](C(=O)O)COC23CCC(C(C)(C)C)CC3)c1. The van der Waals surface area contributed by atoms with E-state index in [1.807, 2.05) is 0 Å². The maximum absolute atomic E-state index is 13.3. The molecule has 1 N–H and O–H groups in total. The van der Waals surface area contributed by atoms with Gasteiger partial charge in [-0.2, -0.15) is 0 Å². The molecule has 0 unspecified atom stereocenters. The molecular formula is C21H29NO5. The number of carbonyl (C=O) groups excluding carboxylic acids is 1. The third-order valence-corrected chi connectivity index (χ3v) is 6.07. The average molecular weight is 375 g/mol. The summed E-state index contributed by atoms with van der Waals surface area (Å²) in [5.41, 5.74) is -0.220. The van der Waals surface area contributed by atoms with Crippen LogP contribution < -0.4 is 4.74 Å². The lowest BCUT2D eigenvalue weighted by Gasteiger charge is -2.46. The number of aliphatic carboxylic acids is 1. The summed E-state index contributed by atoms with van der Waals surface area (Å²) in [4.78, 5) is 26.6. The summed E-state index contributed by atoms with van der Waals surface area (Å²) in [6.07, 6.45) is 3.15. The molecule has 1 amide bonds. The second-order valence-electron chi connectivity index (χ2n) is 8.66. The van der Waals surface area contributed by atoms with Gasteiger partial charge in [-0.25, -0.2) is 4.79 Å². The van der Waals surface area contributed by atoms with Crippen molar-refractivity contribution in [1.29, 1.82) is 0 Å². The van der Waals surface area contributed by atoms with Gasteiger partial charge in [0.1, 0.15) is 11.5 Å². The molecule has 148 valence electrons. The van der Waals surface area contributed by atoms with E-state index in [-0.39, 0.29) is 17.9 Å². The van der Waals surface area contributed by atoms with Crippen molar-refractivity contribution in [3.63, 3.8) is 0 Å². The number of rotatable bonds is 3. The lowest BCUT2D eigenvalue weighted by atomic mass is 9.70. The van der Waals surface area contributed by atoms with Crippen LogP contribution in [0.4, 0.5) is 0 Å². The van der Waals surface area contributed by atoms with E-state index in [1.54, 1.807) is 24.3 Å². The topological polar surface area (TPSA) is 76.1 Å². The van der Waals surface area contributed by atoms with Gasteiger partial charge in [-0.15, -0.1) is 0 Å². The monoisotopic (exact) mass is 375 g/mol. The van der Waals surface area contributed by atoms with Crippen LogP contribution in [-0.4, -0.2) is 47.4 Å². The largest absolute Gasteiger partial charge is 0.497 e. The summed E-state index contributed by atoms with van der Waals surface area (Å²) in [7, 11) is 1.54. The number of carbonyl (C=O) groups is 2. The summed E-state index contributed by atoms with van der Waals surface area (Å²) in [6.45, 7) is 6.71. The molecule has 3 rings (SSSR count). The van der Waals surface area contributed by atoms with Crippen molar-refractivity contribution < 1.29 is 24.2 Å². The number of hydrogen-bond donors (Lipinski definition) is 1. The number of hydrogen-bond acceptors (Lipinski definition) is 4. The van der Waals surface area contributed by atoms with Gasteiger partial charge < -0.3 is 14.6 Å². The Morgan fingerprint density at radius 3 is 2.48 bits per heavy atom. The summed E-state index contributed by atoms with van der Waals surface area (Å²) in [5.74, 6) is -0.239. The zero-order valence-corrected chi connectivity index (χ0v) is 16.5. The summed E-state index contributed by atoms with van der Waals surface area (Å²) >= 11 is 0. The highest BCUT2D eigenvalue weighted by Gasteiger charge is 2.54. The highest BCUT2D eigenvalue weighted by Crippen LogP contribution is 2.47. The van der Waals surface area contributed by atoms with E-state index >= 15 is 0 Å². The summed E-state index contributed by atoms with van der Waals surface area (Å²) in [5, 5.41) is 9.68. The number of amides is 1. The molecule has 1 atom stereocenters. The molecule has 1 aromatic rings. The van der Waals surface area contributed by atoms with Gasteiger partial charge in [-0.05, 0) is 55.2 Å². The Labute approximate surface area is 160 Å². The number of benzene rings is 1. The average Bonchev–Trinajstić information content (AvgIpc) is 2.99. The second-order valence-corrected chi connectivity index (χ2v) is 8.66. The van der Waals surface area contributed by atoms with Crippen LogP contribution in [0.5, 0.6) is 5.75 Å². The van der Waals surface area contributed by atoms with Crippen molar-refractivity contribution in [1.82, 2.24) is 4.90 Å². The number of carboxylic acids is 1. The molecule has 6 nitrogen and oxygen atoms in total. The van der Waals surface area contributed by atoms with Crippen LogP contribution in [0.2, 0.25) is 0 Å². The summed E-state index contributed by atoms with van der Waals surface area (Å²) < 4.78 is 11.2. The third kappa shape index (κ3) is 3.68. The highest BCUT2D eigenvalue weighted by atomic mass is 16.5. The fraction of sp³-hybridized carbons (Fsp3) is 0.619. The van der Waals surface area contributed by atoms with E-state index in [9.17, 15) is 14.7 Å². The van der Waals surface area contributed by atoms with Crippen LogP contribution in [0.15, 0.2) is 24.3 Å². The first kappa shape index (κ1) is 19.7. The standard InChI is InChI=1S/C21H29NO5/c1-20(2,3)15-8-10-21(11-9-15)22(17(13-27-21)19(24)25)18(23)14-6-5-7-16(12-14)26-4/h5-7,12,15,17H,8-11,13H2,1-4H3,(H,24,25)/t15?,17-,21?/m0/s1. The molecule has 6 heteroatoms. The maximum Gasteiger partial charge on any atom is 0.328 e. The van der Waals surface area contributed by atoms with Crippen LogP contribution in [-0.2, 0) is 9.53 Å². The molecule has 1 saturated carbocycles. The first-order chi connectivity index (χ1) is 12.7. The molecule has 1 saturated heterocycles. The molecule has 1 aliphatic heterocycles. The van der Waals surface area contributed by atoms with E-state index in [4.69, 9.17) is 9.47 Å². The molecular weight excluding hydrogens is 346 g/mol. The first-order valence-electron chi connectivity index (χ1n) is 9.52. The van der Waals surface area contributed by atoms with E-state index in [0.29, 0.717) is 30.1 Å². The van der Waals surface area contributed by atoms with Gasteiger partial charge in [0.25, 0.3) is 5.91 Å². The zero-order valence-electron chi connectivity index (χ0n) is 16.5. The fourth-order valence-corrected chi connectivity index (χ4v) is 4.39. The predicted molar refractivity (Wildman–Crippen MR) is 101 cm³/mol. The molecule has 1 aliphatic carbocycles. The minimum Gasteiger partial charge on any atom is -0.497 e. The smallest absolute Gasteiger partial charge is 0.328 e. The van der Waals surface area contributed by atoms with Crippen molar-refractivity contribution in [2.24, 2.45) is 11.3 Å². The molecule has 1 heterocycles. The number of carboxylic acid groups (broad SMARTS) is 1. The molecule has 0 aromatic heterocycles. The van der Waals surface area contributed by atoms with Gasteiger partial charge in [0.05, 0.1) is 13.7 Å². The Morgan fingerprint density at radius 1 is 1.26 bits per heavy atom. The zero-order chi connectivity index (χ0) is 19.8. The molecule has 2 fully saturated rings. The fourth-order valence-electron chi connectivity index (χ4n) is 4.39. The van der Waals surface area contributed by atoms with Crippen molar-refractivity contribution in [2.45, 2.75) is 58.2 Å². The van der Waals surface area contributed by atoms with Crippen molar-refractivity contribution in [3.05, 3.63) is 29.8 Å². The summed E-state index contributed by atoms with van der Waals surface area (Å²) in [6, 6.07) is 5.87. The Morgan fingerprint density at radius 2 is 1.93 bits per heavy atom. The van der Waals surface area contributed by atoms with E-state index < -0.39 is 17.7 Å². The second kappa shape index (κ2) is 7.15. The van der Waals surface area contributed by atoms with E-state index in [0.717, 1.165) is 12.8 Å². The maximum atomic E-state index is 13.3. The van der Waals surface area contributed by atoms with Crippen LogP contribution in [0.25, 0.3) is 0 Å². The number of nitrogens with zero attached hydrogens (tertiary/aromatic N) is 1. The first-order valence-corrected chi connectivity index (χ1v) is 9.52. The lowest BCUT2D eigenvalue weighted by Crippen LogP contribution is -2.55. The molecule has 27 heavy (non-hydrogen) atoms. The van der Waals surface area contributed by atoms with Crippen molar-refractivity contribution in [3.8, 4) is 5.75 Å². The van der Waals surface area contributed by atoms with Crippen molar-refractivity contribution in [2.75, 3.05) is 13.7 Å². The molecule has 0 bridgehead atoms. The minimum atomic E-state index is -1.03. The van der Waals surface area contributed by atoms with Crippen LogP contribution in [0, 0.1) is 11.3 Å². The lowest BCUT2D eigenvalue weighted by molar-refractivity contribution is -0.144. The van der Waals surface area contributed by atoms with Gasteiger partial charge in [-0.3, -0.25) is 9.69 Å². The number of methoxy groups -OCH3 is 1. The van der Waals surface area contributed by atoms with Crippen LogP contribution >= 0.6 is 0 Å². The van der Waals surface area contributed by atoms with E-state index in [2.05, 4.69) is 20.8 Å². The molecule has 2 aliphatic rings. The minimum absolute atomic E-state index is 0.0330. The quantitative estimate of drug-likeness (QED) is 0.874. The van der Waals surface area contributed by atoms with Crippen LogP contribution in [0.1, 0.15) is 56.8 Å². The van der Waals surface area contributed by atoms with E-state index in [1.165, 1.54) is 12.0 Å². The Kier molecular flexibility index (Phi) is 5.21. The highest BCUT2D eigenvalue weighted by molar-refractivity contribution is 5.97. The normalized spacial score (nSPS) is 28.4. The number of ether oxygens (including phenoxy) is 2. The Balaban J connectivity index is 1.90. The Hall–Kier alpha value is -2.08. The van der Waals surface area contributed by atoms with Gasteiger partial charge in [0.2, 0.25) is 0 Å². The van der Waals surface area contributed by atoms with Crippen LogP contribution in [0.3, 0.4) is 0 Å². The van der Waals surface area contributed by atoms with Gasteiger partial charge in [0, 0.05) is 5.56 Å². The molecule has 1 spiro atoms. The molecule has 0 radical (unpaired) electrons. The molecule has 1 aromatic carbocycles. The third-order valence-electron chi connectivity index (χ3n) is 6.07. The van der Waals surface area contributed by atoms with Gasteiger partial charge in [-0.1, -0.05) is 26.8 Å². The Bertz CT molecular complexity index is 716. The predicted octanol–water partition coefficient (Wildman–Crippen LogP) is 3.55.